The van der Waals surface area contributed by atoms with Crippen LogP contribution in [0.1, 0.15) is 31.7 Å². The zero-order valence-corrected chi connectivity index (χ0v) is 17.0. The van der Waals surface area contributed by atoms with E-state index in [1.54, 1.807) is 19.2 Å². The molecule has 0 atom stereocenters. The van der Waals surface area contributed by atoms with Crippen LogP contribution in [-0.2, 0) is 6.54 Å². The summed E-state index contributed by atoms with van der Waals surface area (Å²) in [6.45, 7) is 3.95. The van der Waals surface area contributed by atoms with Crippen LogP contribution in [0.4, 0.5) is 8.78 Å². The number of hydrogen-bond donors (Lipinski definition) is 2. The number of rotatable bonds is 9. The molecule has 0 aromatic heterocycles. The fourth-order valence-electron chi connectivity index (χ4n) is 3.42. The molecule has 0 radical (unpaired) electrons. The first kappa shape index (κ1) is 22.2. The molecule has 0 aliphatic carbocycles. The standard InChI is InChI=1S/C20H32F2N4O2/c1-4-26-11-8-15(9-12-26)7-10-24-20(23-2)25-14-16-13-17(27-3)5-6-18(16)28-19(21)22/h5-6,13,15,19H,4,7-12,14H2,1-3H3,(H2,23,24,25). The molecule has 1 heterocycles. The maximum absolute atomic E-state index is 12.6. The van der Waals surface area contributed by atoms with E-state index in [0.29, 0.717) is 23.8 Å². The molecule has 8 heteroatoms. The normalized spacial score (nSPS) is 16.3. The Bertz CT molecular complexity index is 620. The SMILES string of the molecule is CCN1CCC(CCNC(=NC)NCc2cc(OC)ccc2OC(F)F)CC1. The van der Waals surface area contributed by atoms with Gasteiger partial charge in [-0.05, 0) is 63.0 Å². The lowest BCUT2D eigenvalue weighted by atomic mass is 9.93. The molecule has 1 aromatic carbocycles. The molecule has 0 bridgehead atoms. The molecule has 0 saturated carbocycles. The first-order valence-electron chi connectivity index (χ1n) is 9.84. The molecule has 1 aliphatic heterocycles. The first-order chi connectivity index (χ1) is 13.5. The predicted octanol–water partition coefficient (Wildman–Crippen LogP) is 3.08. The van der Waals surface area contributed by atoms with Crippen molar-refractivity contribution < 1.29 is 18.3 Å². The van der Waals surface area contributed by atoms with Crippen molar-refractivity contribution in [2.24, 2.45) is 10.9 Å². The van der Waals surface area contributed by atoms with Gasteiger partial charge in [-0.15, -0.1) is 0 Å². The highest BCUT2D eigenvalue weighted by atomic mass is 19.3. The van der Waals surface area contributed by atoms with E-state index in [0.717, 1.165) is 25.4 Å². The van der Waals surface area contributed by atoms with E-state index in [-0.39, 0.29) is 5.75 Å². The smallest absolute Gasteiger partial charge is 0.387 e. The second-order valence-corrected chi connectivity index (χ2v) is 6.87. The van der Waals surface area contributed by atoms with Crippen LogP contribution >= 0.6 is 0 Å². The second-order valence-electron chi connectivity index (χ2n) is 6.87. The van der Waals surface area contributed by atoms with Crippen molar-refractivity contribution in [2.45, 2.75) is 39.3 Å². The monoisotopic (exact) mass is 398 g/mol. The summed E-state index contributed by atoms with van der Waals surface area (Å²) in [7, 11) is 3.23. The number of aliphatic imine (C=N–C) groups is 1. The van der Waals surface area contributed by atoms with Gasteiger partial charge in [0, 0.05) is 25.7 Å². The number of piperidine rings is 1. The minimum atomic E-state index is -2.87. The highest BCUT2D eigenvalue weighted by Crippen LogP contribution is 2.25. The van der Waals surface area contributed by atoms with E-state index in [1.807, 2.05) is 0 Å². The number of halogens is 2. The van der Waals surface area contributed by atoms with Gasteiger partial charge in [0.2, 0.25) is 0 Å². The number of benzene rings is 1. The van der Waals surface area contributed by atoms with Gasteiger partial charge >= 0.3 is 6.61 Å². The highest BCUT2D eigenvalue weighted by molar-refractivity contribution is 5.79. The van der Waals surface area contributed by atoms with Gasteiger partial charge in [0.1, 0.15) is 11.5 Å². The van der Waals surface area contributed by atoms with Crippen LogP contribution in [0.3, 0.4) is 0 Å². The van der Waals surface area contributed by atoms with Crippen molar-refractivity contribution >= 4 is 5.96 Å². The summed E-state index contributed by atoms with van der Waals surface area (Å²) in [4.78, 5) is 6.69. The van der Waals surface area contributed by atoms with Crippen molar-refractivity contribution in [3.63, 3.8) is 0 Å². The fraction of sp³-hybridized carbons (Fsp3) is 0.650. The Morgan fingerprint density at radius 1 is 1.29 bits per heavy atom. The number of ether oxygens (including phenoxy) is 2. The quantitative estimate of drug-likeness (QED) is 0.495. The third kappa shape index (κ3) is 7.14. The Kier molecular flexibility index (Phi) is 9.27. The largest absolute Gasteiger partial charge is 0.497 e. The number of methoxy groups -OCH3 is 1. The molecule has 2 rings (SSSR count). The summed E-state index contributed by atoms with van der Waals surface area (Å²) in [5.41, 5.74) is 0.578. The lowest BCUT2D eigenvalue weighted by molar-refractivity contribution is -0.0504. The van der Waals surface area contributed by atoms with E-state index >= 15 is 0 Å². The van der Waals surface area contributed by atoms with Gasteiger partial charge < -0.3 is 25.0 Å². The number of nitrogens with one attached hydrogen (secondary N) is 2. The molecular formula is C20H32F2N4O2. The zero-order valence-electron chi connectivity index (χ0n) is 17.0. The number of alkyl halides is 2. The Morgan fingerprint density at radius 2 is 2.04 bits per heavy atom. The minimum Gasteiger partial charge on any atom is -0.497 e. The number of hydrogen-bond acceptors (Lipinski definition) is 4. The summed E-state index contributed by atoms with van der Waals surface area (Å²) < 4.78 is 35.0. The van der Waals surface area contributed by atoms with Crippen molar-refractivity contribution in [3.05, 3.63) is 23.8 Å². The van der Waals surface area contributed by atoms with Crippen LogP contribution < -0.4 is 20.1 Å². The van der Waals surface area contributed by atoms with E-state index < -0.39 is 6.61 Å². The molecular weight excluding hydrogens is 366 g/mol. The lowest BCUT2D eigenvalue weighted by Gasteiger charge is -2.31. The van der Waals surface area contributed by atoms with Gasteiger partial charge in [-0.1, -0.05) is 6.92 Å². The van der Waals surface area contributed by atoms with Crippen molar-refractivity contribution in [1.29, 1.82) is 0 Å². The highest BCUT2D eigenvalue weighted by Gasteiger charge is 2.17. The van der Waals surface area contributed by atoms with E-state index in [9.17, 15) is 8.78 Å². The maximum atomic E-state index is 12.6. The van der Waals surface area contributed by atoms with Crippen molar-refractivity contribution in [2.75, 3.05) is 40.3 Å². The van der Waals surface area contributed by atoms with Crippen LogP contribution in [0.15, 0.2) is 23.2 Å². The topological polar surface area (TPSA) is 58.1 Å². The molecule has 6 nitrogen and oxygen atoms in total. The molecule has 0 spiro atoms. The summed E-state index contributed by atoms with van der Waals surface area (Å²) in [6, 6.07) is 4.76. The van der Waals surface area contributed by atoms with Gasteiger partial charge in [0.25, 0.3) is 0 Å². The van der Waals surface area contributed by atoms with Crippen LogP contribution in [-0.4, -0.2) is 57.8 Å². The zero-order chi connectivity index (χ0) is 20.4. The molecule has 1 aromatic rings. The summed E-state index contributed by atoms with van der Waals surface area (Å²) in [6.07, 6.45) is 3.57. The Hall–Kier alpha value is -2.09. The molecule has 0 unspecified atom stereocenters. The molecule has 1 aliphatic rings. The van der Waals surface area contributed by atoms with Crippen LogP contribution in [0.2, 0.25) is 0 Å². The van der Waals surface area contributed by atoms with Crippen molar-refractivity contribution in [1.82, 2.24) is 15.5 Å². The van der Waals surface area contributed by atoms with E-state index in [4.69, 9.17) is 4.74 Å². The van der Waals surface area contributed by atoms with Crippen LogP contribution in [0, 0.1) is 5.92 Å². The number of nitrogens with zero attached hydrogens (tertiary/aromatic N) is 2. The van der Waals surface area contributed by atoms with Gasteiger partial charge in [-0.25, -0.2) is 0 Å². The second kappa shape index (κ2) is 11.7. The summed E-state index contributed by atoms with van der Waals surface area (Å²) in [5, 5.41) is 6.46. The Balaban J connectivity index is 1.81. The third-order valence-corrected chi connectivity index (χ3v) is 5.15. The number of likely N-dealkylation sites (tertiary alicyclic amines) is 1. The first-order valence-corrected chi connectivity index (χ1v) is 9.84. The van der Waals surface area contributed by atoms with Crippen molar-refractivity contribution in [3.8, 4) is 11.5 Å². The molecule has 28 heavy (non-hydrogen) atoms. The van der Waals surface area contributed by atoms with Gasteiger partial charge in [-0.3, -0.25) is 4.99 Å². The summed E-state index contributed by atoms with van der Waals surface area (Å²) >= 11 is 0. The molecule has 0 amide bonds. The number of guanidine groups is 1. The van der Waals surface area contributed by atoms with E-state index in [2.05, 4.69) is 32.2 Å². The maximum Gasteiger partial charge on any atom is 0.387 e. The molecule has 1 saturated heterocycles. The summed E-state index contributed by atoms with van der Waals surface area (Å²) in [5.74, 6) is 2.08. The fourth-order valence-corrected chi connectivity index (χ4v) is 3.42. The van der Waals surface area contributed by atoms with Crippen LogP contribution in [0.5, 0.6) is 11.5 Å². The van der Waals surface area contributed by atoms with Gasteiger partial charge in [0.05, 0.1) is 7.11 Å². The van der Waals surface area contributed by atoms with E-state index in [1.165, 1.54) is 39.1 Å². The Labute approximate surface area is 166 Å². The Morgan fingerprint density at radius 3 is 2.64 bits per heavy atom. The molecule has 158 valence electrons. The molecule has 2 N–H and O–H groups in total. The minimum absolute atomic E-state index is 0.126. The third-order valence-electron chi connectivity index (χ3n) is 5.15. The lowest BCUT2D eigenvalue weighted by Crippen LogP contribution is -2.39. The molecule has 1 fully saturated rings. The van der Waals surface area contributed by atoms with Gasteiger partial charge in [-0.2, -0.15) is 8.78 Å². The average molecular weight is 398 g/mol. The average Bonchev–Trinajstić information content (AvgIpc) is 2.71. The predicted molar refractivity (Wildman–Crippen MR) is 107 cm³/mol. The van der Waals surface area contributed by atoms with Crippen LogP contribution in [0.25, 0.3) is 0 Å². The van der Waals surface area contributed by atoms with Gasteiger partial charge in [0.15, 0.2) is 5.96 Å².